The number of aromatic nitrogens is 2. The number of carbonyl (C=O) groups excluding carboxylic acids is 1. The maximum absolute atomic E-state index is 12.3. The van der Waals surface area contributed by atoms with Crippen LogP contribution in [0, 0.1) is 6.92 Å². The lowest BCUT2D eigenvalue weighted by Crippen LogP contribution is -2.62. The summed E-state index contributed by atoms with van der Waals surface area (Å²) in [5, 5.41) is 32.9. The Kier molecular flexibility index (Phi) is 9.51. The molecule has 18 nitrogen and oxygen atoms in total. The minimum absolute atomic E-state index is 0.158. The maximum Gasteiger partial charge on any atom is 0.483 e. The second kappa shape index (κ2) is 11.8. The van der Waals surface area contributed by atoms with Crippen LogP contribution in [0.4, 0.5) is 0 Å². The van der Waals surface area contributed by atoms with Gasteiger partial charge in [-0.3, -0.25) is 28.2 Å². The van der Waals surface area contributed by atoms with E-state index in [1.54, 1.807) is 0 Å². The second-order valence-corrected chi connectivity index (χ2v) is 11.7. The minimum atomic E-state index is -5.48. The number of hydrogen-bond donors (Lipinski definition) is 7. The molecule has 2 unspecified atom stereocenters. The summed E-state index contributed by atoms with van der Waals surface area (Å²) in [7, 11) is -10.8. The SMILES string of the molecule is CC(=O)N[C@@H]1[C@H](O)[C@@H](O)[C@@H](OP(=O)(O)OP(=O)(O)OC[C@H]2O[C@@H](n3cc(C)c(=O)[nH]c3=O)C[C@@H]2O)O[C@@H]1C. The molecule has 3 heterocycles. The monoisotopic (exact) mass is 589 g/mol. The van der Waals surface area contributed by atoms with E-state index in [1.807, 2.05) is 0 Å². The smallest absolute Gasteiger partial charge is 0.390 e. The van der Waals surface area contributed by atoms with E-state index >= 15 is 0 Å². The van der Waals surface area contributed by atoms with Gasteiger partial charge in [-0.1, -0.05) is 0 Å². The third kappa shape index (κ3) is 7.44. The summed E-state index contributed by atoms with van der Waals surface area (Å²) >= 11 is 0. The number of aliphatic hydroxyl groups excluding tert-OH is 3. The number of amides is 1. The van der Waals surface area contributed by atoms with Crippen LogP contribution in [-0.2, 0) is 36.8 Å². The van der Waals surface area contributed by atoms with Crippen LogP contribution in [0.25, 0.3) is 0 Å². The number of phosphoric ester groups is 2. The van der Waals surface area contributed by atoms with Crippen molar-refractivity contribution in [2.75, 3.05) is 6.61 Å². The second-order valence-electron chi connectivity index (χ2n) is 8.75. The number of nitrogens with zero attached hydrogens (tertiary/aromatic N) is 1. The number of ether oxygens (including phenoxy) is 2. The zero-order chi connectivity index (χ0) is 28.6. The Morgan fingerprint density at radius 3 is 2.47 bits per heavy atom. The largest absolute Gasteiger partial charge is 0.483 e. The fourth-order valence-electron chi connectivity index (χ4n) is 3.86. The predicted molar refractivity (Wildman–Crippen MR) is 122 cm³/mol. The van der Waals surface area contributed by atoms with Crippen LogP contribution in [0.1, 0.15) is 32.1 Å². The van der Waals surface area contributed by atoms with E-state index in [9.17, 15) is 48.6 Å². The Morgan fingerprint density at radius 1 is 1.18 bits per heavy atom. The van der Waals surface area contributed by atoms with E-state index < -0.39 is 88.5 Å². The van der Waals surface area contributed by atoms with Crippen molar-refractivity contribution in [3.8, 4) is 0 Å². The van der Waals surface area contributed by atoms with Crippen LogP contribution in [0.3, 0.4) is 0 Å². The summed E-state index contributed by atoms with van der Waals surface area (Å²) in [6, 6.07) is -1.09. The Morgan fingerprint density at radius 2 is 1.84 bits per heavy atom. The molecule has 10 atom stereocenters. The van der Waals surface area contributed by atoms with Gasteiger partial charge in [0, 0.05) is 25.1 Å². The highest BCUT2D eigenvalue weighted by Gasteiger charge is 2.48. The first-order valence-corrected chi connectivity index (χ1v) is 14.1. The van der Waals surface area contributed by atoms with Crippen molar-refractivity contribution in [2.24, 2.45) is 0 Å². The molecule has 38 heavy (non-hydrogen) atoms. The molecule has 20 heteroatoms. The number of hydrogen-bond acceptors (Lipinski definition) is 13. The zero-order valence-electron chi connectivity index (χ0n) is 20.3. The van der Waals surface area contributed by atoms with E-state index in [-0.39, 0.29) is 12.0 Å². The molecular weight excluding hydrogens is 560 g/mol. The number of aliphatic hydroxyl groups is 3. The van der Waals surface area contributed by atoms with E-state index in [4.69, 9.17) is 9.47 Å². The summed E-state index contributed by atoms with van der Waals surface area (Å²) in [5.41, 5.74) is -1.24. The molecule has 2 aliphatic heterocycles. The molecule has 7 N–H and O–H groups in total. The van der Waals surface area contributed by atoms with Gasteiger partial charge in [-0.2, -0.15) is 4.31 Å². The number of nitrogens with one attached hydrogen (secondary N) is 2. The van der Waals surface area contributed by atoms with Crippen molar-refractivity contribution in [3.05, 3.63) is 32.6 Å². The van der Waals surface area contributed by atoms with Crippen LogP contribution in [0.2, 0.25) is 0 Å². The van der Waals surface area contributed by atoms with E-state index in [2.05, 4.69) is 23.7 Å². The molecule has 3 rings (SSSR count). The first kappa shape index (κ1) is 30.7. The van der Waals surface area contributed by atoms with E-state index in [1.165, 1.54) is 20.0 Å². The van der Waals surface area contributed by atoms with Crippen LogP contribution in [0.5, 0.6) is 0 Å². The fourth-order valence-corrected chi connectivity index (χ4v) is 6.02. The van der Waals surface area contributed by atoms with Crippen LogP contribution in [-0.4, -0.2) is 90.0 Å². The molecule has 0 aliphatic carbocycles. The van der Waals surface area contributed by atoms with E-state index in [0.717, 1.165) is 11.5 Å². The lowest BCUT2D eigenvalue weighted by molar-refractivity contribution is -0.246. The molecule has 2 aliphatic rings. The van der Waals surface area contributed by atoms with Gasteiger partial charge in [0.05, 0.1) is 24.9 Å². The van der Waals surface area contributed by atoms with Crippen molar-refractivity contribution in [1.82, 2.24) is 14.9 Å². The average Bonchev–Trinajstić information content (AvgIpc) is 3.15. The predicted octanol–water partition coefficient (Wildman–Crippen LogP) is -2.28. The Balaban J connectivity index is 1.58. The molecular formula is C18H29N3O15P2. The lowest BCUT2D eigenvalue weighted by atomic mass is 9.97. The lowest BCUT2D eigenvalue weighted by Gasteiger charge is -2.41. The maximum atomic E-state index is 12.3. The van der Waals surface area contributed by atoms with Crippen molar-refractivity contribution >= 4 is 21.6 Å². The first-order chi connectivity index (χ1) is 17.5. The molecule has 0 radical (unpaired) electrons. The summed E-state index contributed by atoms with van der Waals surface area (Å²) in [4.78, 5) is 56.7. The molecule has 216 valence electrons. The van der Waals surface area contributed by atoms with Gasteiger partial charge in [0.15, 0.2) is 6.29 Å². The standard InChI is InChI=1S/C18H29N3O15P2/c1-7-5-21(18(27)20-16(7)26)12-4-10(23)11(34-12)6-32-37(28,29)36-38(30,31)35-17-15(25)14(24)13(8(2)33-17)19-9(3)22/h5,8,10-15,17,23-25H,4,6H2,1-3H3,(H,19,22)(H,28,29)(H,30,31)(H,20,26,27)/t8-,10+,11-,12-,13+,14+,15-,17-/m1/s1. The number of aromatic amines is 1. The summed E-state index contributed by atoms with van der Waals surface area (Å²) < 4.78 is 49.7. The summed E-state index contributed by atoms with van der Waals surface area (Å²) in [6.07, 6.45) is -9.29. The van der Waals surface area contributed by atoms with Gasteiger partial charge in [0.25, 0.3) is 5.56 Å². The van der Waals surface area contributed by atoms with Gasteiger partial charge in [0.2, 0.25) is 5.91 Å². The normalized spacial score (nSPS) is 34.8. The van der Waals surface area contributed by atoms with Crippen LogP contribution >= 0.6 is 15.6 Å². The van der Waals surface area contributed by atoms with Gasteiger partial charge >= 0.3 is 21.3 Å². The minimum Gasteiger partial charge on any atom is -0.390 e. The van der Waals surface area contributed by atoms with Crippen LogP contribution in [0.15, 0.2) is 15.8 Å². The van der Waals surface area contributed by atoms with Crippen molar-refractivity contribution in [2.45, 2.75) is 76.3 Å². The van der Waals surface area contributed by atoms with Gasteiger partial charge in [-0.25, -0.2) is 13.9 Å². The van der Waals surface area contributed by atoms with Crippen LogP contribution < -0.4 is 16.6 Å². The molecule has 1 aromatic heterocycles. The number of carbonyl (C=O) groups is 1. The Labute approximate surface area is 214 Å². The Hall–Kier alpha value is -1.79. The quantitative estimate of drug-likeness (QED) is 0.150. The van der Waals surface area contributed by atoms with Gasteiger partial charge < -0.3 is 39.9 Å². The number of phosphoric acid groups is 2. The number of aryl methyl sites for hydroxylation is 1. The molecule has 2 saturated heterocycles. The molecule has 0 aromatic carbocycles. The van der Waals surface area contributed by atoms with Gasteiger partial charge in [0.1, 0.15) is 24.5 Å². The molecule has 1 amide bonds. The molecule has 0 spiro atoms. The number of H-pyrrole nitrogens is 1. The fraction of sp³-hybridized carbons (Fsp3) is 0.722. The number of rotatable bonds is 9. The highest BCUT2D eigenvalue weighted by atomic mass is 31.3. The molecule has 0 saturated carbocycles. The van der Waals surface area contributed by atoms with Crippen molar-refractivity contribution < 1.29 is 61.9 Å². The average molecular weight is 589 g/mol. The van der Waals surface area contributed by atoms with Crippen molar-refractivity contribution in [3.63, 3.8) is 0 Å². The summed E-state index contributed by atoms with van der Waals surface area (Å²) in [6.45, 7) is 3.12. The summed E-state index contributed by atoms with van der Waals surface area (Å²) in [5.74, 6) is -0.547. The van der Waals surface area contributed by atoms with E-state index in [0.29, 0.717) is 0 Å². The zero-order valence-corrected chi connectivity index (χ0v) is 22.1. The molecule has 2 fully saturated rings. The van der Waals surface area contributed by atoms with Gasteiger partial charge in [-0.05, 0) is 13.8 Å². The third-order valence-corrected chi connectivity index (χ3v) is 8.33. The van der Waals surface area contributed by atoms with Gasteiger partial charge in [-0.15, -0.1) is 0 Å². The first-order valence-electron chi connectivity index (χ1n) is 11.1. The third-order valence-electron chi connectivity index (χ3n) is 5.73. The molecule has 1 aromatic rings. The Bertz CT molecular complexity index is 1240. The topological polar surface area (TPSA) is 265 Å². The molecule has 0 bridgehead atoms. The highest BCUT2D eigenvalue weighted by Crippen LogP contribution is 2.61. The van der Waals surface area contributed by atoms with Crippen molar-refractivity contribution in [1.29, 1.82) is 0 Å². The highest BCUT2D eigenvalue weighted by molar-refractivity contribution is 7.61.